The molecule has 0 unspecified atom stereocenters. The molecule has 0 saturated carbocycles. The van der Waals surface area contributed by atoms with E-state index in [9.17, 15) is 19.8 Å². The van der Waals surface area contributed by atoms with Crippen LogP contribution in [0.4, 0.5) is 0 Å². The number of ether oxygens (including phenoxy) is 3. The number of esters is 2. The van der Waals surface area contributed by atoms with E-state index in [-0.39, 0.29) is 24.1 Å². The molecule has 0 aliphatic heterocycles. The minimum absolute atomic E-state index is 0.0831. The molecule has 0 heterocycles. The summed E-state index contributed by atoms with van der Waals surface area (Å²) in [6.45, 7) is 5.18. The lowest BCUT2D eigenvalue weighted by Gasteiger charge is -2.20. The van der Waals surface area contributed by atoms with Crippen LogP contribution < -0.4 is 14.2 Å². The normalized spacial score (nSPS) is 10.9. The standard InChI is InChI=1S/C20H22O7/c1-4-20(2,3)19(24)27-14-7-5-13(6-8-14)25-12-18(23)26-15-9-10-16(21)17(22)11-15/h5-11,21-22H,4,12H2,1-3H3. The van der Waals surface area contributed by atoms with Gasteiger partial charge in [-0.1, -0.05) is 6.92 Å². The molecule has 0 aromatic heterocycles. The molecule has 27 heavy (non-hydrogen) atoms. The van der Waals surface area contributed by atoms with Crippen LogP contribution in [-0.2, 0) is 9.59 Å². The minimum Gasteiger partial charge on any atom is -0.504 e. The first-order valence-corrected chi connectivity index (χ1v) is 8.39. The van der Waals surface area contributed by atoms with Gasteiger partial charge in [0.1, 0.15) is 17.2 Å². The van der Waals surface area contributed by atoms with E-state index < -0.39 is 17.1 Å². The molecule has 7 nitrogen and oxygen atoms in total. The van der Waals surface area contributed by atoms with E-state index in [1.165, 1.54) is 12.1 Å². The summed E-state index contributed by atoms with van der Waals surface area (Å²) >= 11 is 0. The summed E-state index contributed by atoms with van der Waals surface area (Å²) in [6, 6.07) is 9.95. The monoisotopic (exact) mass is 374 g/mol. The maximum absolute atomic E-state index is 12.0. The van der Waals surface area contributed by atoms with Crippen LogP contribution >= 0.6 is 0 Å². The molecule has 0 saturated heterocycles. The van der Waals surface area contributed by atoms with E-state index in [2.05, 4.69) is 0 Å². The van der Waals surface area contributed by atoms with E-state index in [4.69, 9.17) is 14.2 Å². The summed E-state index contributed by atoms with van der Waals surface area (Å²) in [7, 11) is 0. The molecule has 2 aromatic carbocycles. The van der Waals surface area contributed by atoms with Crippen molar-refractivity contribution in [1.29, 1.82) is 0 Å². The molecule has 0 fully saturated rings. The van der Waals surface area contributed by atoms with Gasteiger partial charge in [-0.25, -0.2) is 4.79 Å². The van der Waals surface area contributed by atoms with Gasteiger partial charge in [-0.15, -0.1) is 0 Å². The Bertz CT molecular complexity index is 810. The Labute approximate surface area is 157 Å². The van der Waals surface area contributed by atoms with Crippen molar-refractivity contribution in [2.75, 3.05) is 6.61 Å². The number of carbonyl (C=O) groups excluding carboxylic acids is 2. The molecule has 0 aliphatic rings. The SMILES string of the molecule is CCC(C)(C)C(=O)Oc1ccc(OCC(=O)Oc2ccc(O)c(O)c2)cc1. The second-order valence-corrected chi connectivity index (χ2v) is 6.51. The van der Waals surface area contributed by atoms with E-state index in [1.807, 2.05) is 20.8 Å². The smallest absolute Gasteiger partial charge is 0.349 e. The zero-order valence-corrected chi connectivity index (χ0v) is 15.4. The van der Waals surface area contributed by atoms with Crippen LogP contribution in [0.2, 0.25) is 0 Å². The fraction of sp³-hybridized carbons (Fsp3) is 0.300. The molecular formula is C20H22O7. The lowest BCUT2D eigenvalue weighted by atomic mass is 9.91. The van der Waals surface area contributed by atoms with Crippen molar-refractivity contribution in [1.82, 2.24) is 0 Å². The van der Waals surface area contributed by atoms with Crippen molar-refractivity contribution in [2.45, 2.75) is 27.2 Å². The number of benzene rings is 2. The van der Waals surface area contributed by atoms with Crippen molar-refractivity contribution in [3.63, 3.8) is 0 Å². The maximum Gasteiger partial charge on any atom is 0.349 e. The van der Waals surface area contributed by atoms with Crippen LogP contribution in [0, 0.1) is 5.41 Å². The number of phenols is 2. The topological polar surface area (TPSA) is 102 Å². The van der Waals surface area contributed by atoms with Crippen LogP contribution in [0.1, 0.15) is 27.2 Å². The molecule has 0 amide bonds. The van der Waals surface area contributed by atoms with Crippen molar-refractivity contribution < 1.29 is 34.0 Å². The molecule has 2 aromatic rings. The molecule has 0 spiro atoms. The van der Waals surface area contributed by atoms with Crippen LogP contribution in [-0.4, -0.2) is 28.8 Å². The molecule has 7 heteroatoms. The average molecular weight is 374 g/mol. The van der Waals surface area contributed by atoms with E-state index in [0.717, 1.165) is 6.07 Å². The molecule has 2 N–H and O–H groups in total. The Balaban J connectivity index is 1.86. The summed E-state index contributed by atoms with van der Waals surface area (Å²) in [4.78, 5) is 23.8. The largest absolute Gasteiger partial charge is 0.504 e. The van der Waals surface area contributed by atoms with Crippen LogP contribution in [0.3, 0.4) is 0 Å². The average Bonchev–Trinajstić information content (AvgIpc) is 2.64. The van der Waals surface area contributed by atoms with Gasteiger partial charge in [-0.2, -0.15) is 0 Å². The predicted octanol–water partition coefficient (Wildman–Crippen LogP) is 3.42. The second-order valence-electron chi connectivity index (χ2n) is 6.51. The third-order valence-electron chi connectivity index (χ3n) is 4.01. The zero-order valence-electron chi connectivity index (χ0n) is 15.4. The Morgan fingerprint density at radius 2 is 1.48 bits per heavy atom. The number of carbonyl (C=O) groups is 2. The van der Waals surface area contributed by atoms with Crippen LogP contribution in [0.25, 0.3) is 0 Å². The number of aromatic hydroxyl groups is 2. The van der Waals surface area contributed by atoms with E-state index in [1.54, 1.807) is 24.3 Å². The van der Waals surface area contributed by atoms with Crippen molar-refractivity contribution in [2.24, 2.45) is 5.41 Å². The third kappa shape index (κ3) is 5.64. The van der Waals surface area contributed by atoms with Crippen molar-refractivity contribution in [3.05, 3.63) is 42.5 Å². The number of hydrogen-bond donors (Lipinski definition) is 2. The van der Waals surface area contributed by atoms with Crippen LogP contribution in [0.5, 0.6) is 28.7 Å². The maximum atomic E-state index is 12.0. The summed E-state index contributed by atoms with van der Waals surface area (Å²) in [6.07, 6.45) is 0.661. The highest BCUT2D eigenvalue weighted by Gasteiger charge is 2.27. The number of rotatable bonds is 7. The Morgan fingerprint density at radius 1 is 0.889 bits per heavy atom. The Hall–Kier alpha value is -3.22. The summed E-state index contributed by atoms with van der Waals surface area (Å²) < 4.78 is 15.6. The first kappa shape index (κ1) is 20.1. The summed E-state index contributed by atoms with van der Waals surface area (Å²) in [5, 5.41) is 18.6. The van der Waals surface area contributed by atoms with Crippen LogP contribution in [0.15, 0.2) is 42.5 Å². The first-order valence-electron chi connectivity index (χ1n) is 8.39. The summed E-state index contributed by atoms with van der Waals surface area (Å²) in [5.41, 5.74) is -0.568. The first-order chi connectivity index (χ1) is 12.7. The molecule has 0 atom stereocenters. The number of hydrogen-bond acceptors (Lipinski definition) is 7. The van der Waals surface area contributed by atoms with Gasteiger partial charge < -0.3 is 24.4 Å². The molecule has 0 radical (unpaired) electrons. The molecule has 2 rings (SSSR count). The van der Waals surface area contributed by atoms with E-state index >= 15 is 0 Å². The molecule has 144 valence electrons. The number of phenolic OH excluding ortho intramolecular Hbond substituents is 2. The summed E-state index contributed by atoms with van der Waals surface area (Å²) in [5.74, 6) is -0.836. The van der Waals surface area contributed by atoms with Gasteiger partial charge in [0, 0.05) is 6.07 Å². The van der Waals surface area contributed by atoms with Gasteiger partial charge in [0.25, 0.3) is 0 Å². The lowest BCUT2D eigenvalue weighted by Crippen LogP contribution is -2.28. The lowest BCUT2D eigenvalue weighted by molar-refractivity contribution is -0.144. The Morgan fingerprint density at radius 3 is 2.07 bits per heavy atom. The highest BCUT2D eigenvalue weighted by molar-refractivity contribution is 5.78. The Kier molecular flexibility index (Phi) is 6.28. The fourth-order valence-electron chi connectivity index (χ4n) is 1.86. The zero-order chi connectivity index (χ0) is 20.0. The van der Waals surface area contributed by atoms with Crippen molar-refractivity contribution in [3.8, 4) is 28.7 Å². The fourth-order valence-corrected chi connectivity index (χ4v) is 1.86. The minimum atomic E-state index is -0.680. The van der Waals surface area contributed by atoms with Crippen molar-refractivity contribution >= 4 is 11.9 Å². The van der Waals surface area contributed by atoms with Gasteiger partial charge in [0.2, 0.25) is 0 Å². The molecular weight excluding hydrogens is 352 g/mol. The van der Waals surface area contributed by atoms with Gasteiger partial charge in [-0.05, 0) is 56.7 Å². The quantitative estimate of drug-likeness (QED) is 0.435. The van der Waals surface area contributed by atoms with Gasteiger partial charge in [0.05, 0.1) is 5.41 Å². The highest BCUT2D eigenvalue weighted by Crippen LogP contribution is 2.29. The van der Waals surface area contributed by atoms with E-state index in [0.29, 0.717) is 17.9 Å². The highest BCUT2D eigenvalue weighted by atomic mass is 16.6. The van der Waals surface area contributed by atoms with Gasteiger partial charge in [-0.3, -0.25) is 4.79 Å². The third-order valence-corrected chi connectivity index (χ3v) is 4.01. The van der Waals surface area contributed by atoms with Gasteiger partial charge >= 0.3 is 11.9 Å². The molecule has 0 aliphatic carbocycles. The second kappa shape index (κ2) is 8.44. The predicted molar refractivity (Wildman–Crippen MR) is 97.1 cm³/mol. The van der Waals surface area contributed by atoms with Gasteiger partial charge in [0.15, 0.2) is 18.1 Å². The molecule has 0 bridgehead atoms.